The molecule has 2 unspecified atom stereocenters. The van der Waals surface area contributed by atoms with Gasteiger partial charge in [0.05, 0.1) is 11.7 Å². The number of amides is 1. The molecule has 0 bridgehead atoms. The molecule has 1 saturated heterocycles. The van der Waals surface area contributed by atoms with E-state index in [1.165, 1.54) is 0 Å². The van der Waals surface area contributed by atoms with Crippen molar-refractivity contribution in [1.82, 2.24) is 10.2 Å². The Morgan fingerprint density at radius 2 is 1.94 bits per heavy atom. The summed E-state index contributed by atoms with van der Waals surface area (Å²) in [7, 11) is 0. The van der Waals surface area contributed by atoms with Crippen molar-refractivity contribution in [2.24, 2.45) is 11.8 Å². The second kappa shape index (κ2) is 5.38. The van der Waals surface area contributed by atoms with Crippen LogP contribution in [0, 0.1) is 11.8 Å². The summed E-state index contributed by atoms with van der Waals surface area (Å²) in [5.74, 6) is 1.38. The molecule has 1 N–H and O–H groups in total. The topological polar surface area (TPSA) is 32.3 Å². The Morgan fingerprint density at radius 3 is 2.35 bits per heavy atom. The Bertz CT molecular complexity index is 275. The summed E-state index contributed by atoms with van der Waals surface area (Å²) in [6.07, 6.45) is 2.13. The molecule has 1 amide bonds. The van der Waals surface area contributed by atoms with Gasteiger partial charge in [0.1, 0.15) is 0 Å². The fourth-order valence-corrected chi connectivity index (χ4v) is 2.33. The standard InChI is InChI=1S/C14H28N2O/c1-7-14(6)13(17)16(9-8-10(2)3)12(15-14)11(4)5/h10-12,15H,7-9H2,1-6H3. The first-order valence-electron chi connectivity index (χ1n) is 6.90. The highest BCUT2D eigenvalue weighted by molar-refractivity contribution is 5.88. The minimum absolute atomic E-state index is 0.200. The van der Waals surface area contributed by atoms with E-state index in [-0.39, 0.29) is 17.6 Å². The van der Waals surface area contributed by atoms with Crippen LogP contribution in [-0.2, 0) is 4.79 Å². The van der Waals surface area contributed by atoms with Crippen LogP contribution >= 0.6 is 0 Å². The van der Waals surface area contributed by atoms with Gasteiger partial charge in [-0.15, -0.1) is 0 Å². The molecule has 0 aromatic carbocycles. The summed E-state index contributed by atoms with van der Waals surface area (Å²) in [4.78, 5) is 14.5. The number of nitrogens with zero attached hydrogens (tertiary/aromatic N) is 1. The zero-order valence-corrected chi connectivity index (χ0v) is 12.2. The molecule has 0 spiro atoms. The molecule has 0 saturated carbocycles. The van der Waals surface area contributed by atoms with Crippen molar-refractivity contribution >= 4 is 5.91 Å². The van der Waals surface area contributed by atoms with Crippen LogP contribution in [0.25, 0.3) is 0 Å². The number of hydrogen-bond donors (Lipinski definition) is 1. The number of carbonyl (C=O) groups is 1. The smallest absolute Gasteiger partial charge is 0.243 e. The van der Waals surface area contributed by atoms with E-state index in [4.69, 9.17) is 0 Å². The van der Waals surface area contributed by atoms with Gasteiger partial charge in [-0.1, -0.05) is 34.6 Å². The molecule has 100 valence electrons. The zero-order valence-electron chi connectivity index (χ0n) is 12.2. The highest BCUT2D eigenvalue weighted by Crippen LogP contribution is 2.27. The third kappa shape index (κ3) is 3.01. The van der Waals surface area contributed by atoms with Gasteiger partial charge >= 0.3 is 0 Å². The number of rotatable bonds is 5. The largest absolute Gasteiger partial charge is 0.325 e. The summed E-state index contributed by atoms with van der Waals surface area (Å²) in [5, 5.41) is 3.52. The monoisotopic (exact) mass is 240 g/mol. The van der Waals surface area contributed by atoms with Gasteiger partial charge in [0.15, 0.2) is 0 Å². The Kier molecular flexibility index (Phi) is 4.59. The lowest BCUT2D eigenvalue weighted by atomic mass is 9.99. The lowest BCUT2D eigenvalue weighted by Crippen LogP contribution is -2.45. The summed E-state index contributed by atoms with van der Waals surface area (Å²) >= 11 is 0. The van der Waals surface area contributed by atoms with Crippen molar-refractivity contribution in [3.05, 3.63) is 0 Å². The van der Waals surface area contributed by atoms with E-state index in [1.54, 1.807) is 0 Å². The van der Waals surface area contributed by atoms with Crippen LogP contribution in [0.1, 0.15) is 54.4 Å². The SMILES string of the molecule is CCC1(C)NC(C(C)C)N(CCC(C)C)C1=O. The predicted octanol–water partition coefficient (Wildman–Crippen LogP) is 2.62. The number of carbonyl (C=O) groups excluding carboxylic acids is 1. The zero-order chi connectivity index (χ0) is 13.2. The molecule has 1 aliphatic rings. The second-order valence-corrected chi connectivity index (χ2v) is 6.20. The first-order valence-corrected chi connectivity index (χ1v) is 6.90. The van der Waals surface area contributed by atoms with Gasteiger partial charge < -0.3 is 4.90 Å². The molecular weight excluding hydrogens is 212 g/mol. The summed E-state index contributed by atoms with van der Waals surface area (Å²) < 4.78 is 0. The molecule has 1 aliphatic heterocycles. The minimum Gasteiger partial charge on any atom is -0.325 e. The molecule has 3 heteroatoms. The van der Waals surface area contributed by atoms with Crippen molar-refractivity contribution < 1.29 is 4.79 Å². The van der Waals surface area contributed by atoms with E-state index in [2.05, 4.69) is 39.9 Å². The summed E-state index contributed by atoms with van der Waals surface area (Å²) in [6.45, 7) is 13.7. The van der Waals surface area contributed by atoms with Crippen LogP contribution in [0.2, 0.25) is 0 Å². The van der Waals surface area contributed by atoms with Crippen molar-refractivity contribution in [2.75, 3.05) is 6.54 Å². The third-order valence-corrected chi connectivity index (χ3v) is 3.82. The van der Waals surface area contributed by atoms with E-state index < -0.39 is 0 Å². The van der Waals surface area contributed by atoms with Crippen LogP contribution in [0.4, 0.5) is 0 Å². The van der Waals surface area contributed by atoms with Gasteiger partial charge in [0, 0.05) is 6.54 Å². The Hall–Kier alpha value is -0.570. The van der Waals surface area contributed by atoms with E-state index >= 15 is 0 Å². The normalized spacial score (nSPS) is 29.8. The van der Waals surface area contributed by atoms with Gasteiger partial charge in [-0.05, 0) is 31.6 Å². The molecule has 1 heterocycles. The van der Waals surface area contributed by atoms with Crippen molar-refractivity contribution in [3.8, 4) is 0 Å². The van der Waals surface area contributed by atoms with Gasteiger partial charge in [0.25, 0.3) is 0 Å². The number of nitrogens with one attached hydrogen (secondary N) is 1. The molecule has 0 aliphatic carbocycles. The lowest BCUT2D eigenvalue weighted by Gasteiger charge is -2.27. The Labute approximate surface area is 106 Å². The van der Waals surface area contributed by atoms with E-state index in [9.17, 15) is 4.79 Å². The quantitative estimate of drug-likeness (QED) is 0.801. The molecule has 0 radical (unpaired) electrons. The van der Waals surface area contributed by atoms with E-state index in [0.717, 1.165) is 19.4 Å². The maximum Gasteiger partial charge on any atom is 0.243 e. The van der Waals surface area contributed by atoms with Gasteiger partial charge in [-0.2, -0.15) is 0 Å². The van der Waals surface area contributed by atoms with Crippen molar-refractivity contribution in [3.63, 3.8) is 0 Å². The molecule has 0 aromatic heterocycles. The van der Waals surface area contributed by atoms with Crippen LogP contribution < -0.4 is 5.32 Å². The van der Waals surface area contributed by atoms with Crippen molar-refractivity contribution in [1.29, 1.82) is 0 Å². The predicted molar refractivity (Wildman–Crippen MR) is 71.6 cm³/mol. The average molecular weight is 240 g/mol. The van der Waals surface area contributed by atoms with Crippen LogP contribution in [0.3, 0.4) is 0 Å². The molecule has 1 fully saturated rings. The molecule has 3 nitrogen and oxygen atoms in total. The van der Waals surface area contributed by atoms with Gasteiger partial charge in [-0.25, -0.2) is 0 Å². The first kappa shape index (κ1) is 14.5. The number of hydrogen-bond acceptors (Lipinski definition) is 2. The van der Waals surface area contributed by atoms with E-state index in [1.807, 2.05) is 11.8 Å². The second-order valence-electron chi connectivity index (χ2n) is 6.20. The lowest BCUT2D eigenvalue weighted by molar-refractivity contribution is -0.133. The molecule has 2 atom stereocenters. The van der Waals surface area contributed by atoms with Crippen LogP contribution in [0.5, 0.6) is 0 Å². The molecule has 17 heavy (non-hydrogen) atoms. The first-order chi connectivity index (χ1) is 7.81. The third-order valence-electron chi connectivity index (χ3n) is 3.82. The summed E-state index contributed by atoms with van der Waals surface area (Å²) in [5.41, 5.74) is -0.355. The molecule has 1 rings (SSSR count). The Morgan fingerprint density at radius 1 is 1.35 bits per heavy atom. The average Bonchev–Trinajstić information content (AvgIpc) is 2.50. The van der Waals surface area contributed by atoms with E-state index in [0.29, 0.717) is 11.8 Å². The fourth-order valence-electron chi connectivity index (χ4n) is 2.33. The minimum atomic E-state index is -0.355. The molecule has 0 aromatic rings. The van der Waals surface area contributed by atoms with Gasteiger partial charge in [0.2, 0.25) is 5.91 Å². The highest BCUT2D eigenvalue weighted by atomic mass is 16.2. The highest BCUT2D eigenvalue weighted by Gasteiger charge is 2.47. The van der Waals surface area contributed by atoms with Crippen LogP contribution in [-0.4, -0.2) is 29.1 Å². The van der Waals surface area contributed by atoms with Crippen LogP contribution in [0.15, 0.2) is 0 Å². The maximum absolute atomic E-state index is 12.4. The Balaban J connectivity index is 2.80. The summed E-state index contributed by atoms with van der Waals surface area (Å²) in [6, 6.07) is 0. The van der Waals surface area contributed by atoms with Gasteiger partial charge in [-0.3, -0.25) is 10.1 Å². The fraction of sp³-hybridized carbons (Fsp3) is 0.929. The maximum atomic E-state index is 12.4. The van der Waals surface area contributed by atoms with Crippen molar-refractivity contribution in [2.45, 2.75) is 66.1 Å². The molecular formula is C14H28N2O.